The molecule has 0 aromatic carbocycles. The van der Waals surface area contributed by atoms with E-state index >= 15 is 0 Å². The summed E-state index contributed by atoms with van der Waals surface area (Å²) in [5.74, 6) is 0.538. The highest BCUT2D eigenvalue weighted by Crippen LogP contribution is 2.19. The van der Waals surface area contributed by atoms with E-state index in [4.69, 9.17) is 0 Å². The third kappa shape index (κ3) is 3.14. The molecule has 0 bridgehead atoms. The lowest BCUT2D eigenvalue weighted by atomic mass is 10.2. The summed E-state index contributed by atoms with van der Waals surface area (Å²) >= 11 is 3.50. The van der Waals surface area contributed by atoms with Crippen LogP contribution in [0.1, 0.15) is 36.0 Å². The second-order valence-electron chi connectivity index (χ2n) is 4.07. The van der Waals surface area contributed by atoms with E-state index in [1.54, 1.807) is 22.7 Å². The zero-order chi connectivity index (χ0) is 11.4. The number of nitrogens with zero attached hydrogens (tertiary/aromatic N) is 1. The Hall–Kier alpha value is -0.710. The Kier molecular flexibility index (Phi) is 4.09. The summed E-state index contributed by atoms with van der Waals surface area (Å²) in [4.78, 5) is 4.59. The molecule has 86 valence electrons. The molecule has 0 radical (unpaired) electrons. The Morgan fingerprint density at radius 2 is 2.19 bits per heavy atom. The number of thiophene rings is 1. The van der Waals surface area contributed by atoms with Crippen LogP contribution in [0.2, 0.25) is 0 Å². The quantitative estimate of drug-likeness (QED) is 0.879. The van der Waals surface area contributed by atoms with E-state index in [0.29, 0.717) is 5.92 Å². The molecule has 2 rings (SSSR count). The summed E-state index contributed by atoms with van der Waals surface area (Å²) < 4.78 is 0. The van der Waals surface area contributed by atoms with Gasteiger partial charge in [-0.3, -0.25) is 0 Å². The first kappa shape index (κ1) is 11.8. The van der Waals surface area contributed by atoms with Crippen molar-refractivity contribution < 1.29 is 0 Å². The Morgan fingerprint density at radius 1 is 1.31 bits per heavy atom. The normalized spacial score (nSPS) is 11.2. The van der Waals surface area contributed by atoms with E-state index in [1.807, 2.05) is 0 Å². The SMILES string of the molecule is CC(C)c1nc(CNCc2ccsc2)cs1. The number of aromatic nitrogens is 1. The fraction of sp³-hybridized carbons (Fsp3) is 0.417. The molecular formula is C12H16N2S2. The van der Waals surface area contributed by atoms with Crippen LogP contribution < -0.4 is 5.32 Å². The van der Waals surface area contributed by atoms with Crippen molar-refractivity contribution in [1.29, 1.82) is 0 Å². The number of rotatable bonds is 5. The minimum atomic E-state index is 0.538. The van der Waals surface area contributed by atoms with Crippen LogP contribution in [-0.4, -0.2) is 4.98 Å². The lowest BCUT2D eigenvalue weighted by Gasteiger charge is -2.00. The van der Waals surface area contributed by atoms with Gasteiger partial charge in [-0.1, -0.05) is 13.8 Å². The number of nitrogens with one attached hydrogen (secondary N) is 1. The predicted octanol–water partition coefficient (Wildman–Crippen LogP) is 3.62. The zero-order valence-corrected chi connectivity index (χ0v) is 11.2. The molecule has 0 saturated heterocycles. The van der Waals surface area contributed by atoms with Gasteiger partial charge in [0.05, 0.1) is 10.7 Å². The van der Waals surface area contributed by atoms with Crippen molar-refractivity contribution in [3.63, 3.8) is 0 Å². The summed E-state index contributed by atoms with van der Waals surface area (Å²) in [5.41, 5.74) is 2.51. The fourth-order valence-corrected chi connectivity index (χ4v) is 2.90. The van der Waals surface area contributed by atoms with Gasteiger partial charge in [0, 0.05) is 24.4 Å². The second kappa shape index (κ2) is 5.57. The Balaban J connectivity index is 1.81. The largest absolute Gasteiger partial charge is 0.307 e. The molecule has 2 aromatic rings. The molecule has 4 heteroatoms. The van der Waals surface area contributed by atoms with Crippen LogP contribution in [0.3, 0.4) is 0 Å². The molecule has 0 saturated carbocycles. The summed E-state index contributed by atoms with van der Waals surface area (Å²) in [7, 11) is 0. The van der Waals surface area contributed by atoms with Crippen LogP contribution >= 0.6 is 22.7 Å². The third-order valence-corrected chi connectivity index (χ3v) is 4.20. The molecular weight excluding hydrogens is 236 g/mol. The maximum atomic E-state index is 4.59. The number of thiazole rings is 1. The third-order valence-electron chi connectivity index (χ3n) is 2.28. The van der Waals surface area contributed by atoms with E-state index in [-0.39, 0.29) is 0 Å². The van der Waals surface area contributed by atoms with Gasteiger partial charge in [0.15, 0.2) is 0 Å². The van der Waals surface area contributed by atoms with Crippen LogP contribution in [0.25, 0.3) is 0 Å². The van der Waals surface area contributed by atoms with E-state index in [2.05, 4.69) is 46.4 Å². The molecule has 16 heavy (non-hydrogen) atoms. The van der Waals surface area contributed by atoms with Crippen LogP contribution in [0.15, 0.2) is 22.2 Å². The lowest BCUT2D eigenvalue weighted by molar-refractivity contribution is 0.679. The van der Waals surface area contributed by atoms with Gasteiger partial charge in [-0.05, 0) is 22.4 Å². The van der Waals surface area contributed by atoms with Crippen molar-refractivity contribution in [2.24, 2.45) is 0 Å². The van der Waals surface area contributed by atoms with Crippen molar-refractivity contribution in [2.45, 2.75) is 32.9 Å². The van der Waals surface area contributed by atoms with Crippen LogP contribution in [0.4, 0.5) is 0 Å². The van der Waals surface area contributed by atoms with Gasteiger partial charge < -0.3 is 5.32 Å². The minimum Gasteiger partial charge on any atom is -0.307 e. The molecule has 0 atom stereocenters. The van der Waals surface area contributed by atoms with Gasteiger partial charge in [0.2, 0.25) is 0 Å². The van der Waals surface area contributed by atoms with Gasteiger partial charge in [-0.25, -0.2) is 4.98 Å². The van der Waals surface area contributed by atoms with Gasteiger partial charge in [-0.2, -0.15) is 11.3 Å². The summed E-state index contributed by atoms with van der Waals surface area (Å²) in [6, 6.07) is 2.15. The molecule has 0 spiro atoms. The standard InChI is InChI=1S/C12H16N2S2/c1-9(2)12-14-11(8-16-12)6-13-5-10-3-4-15-7-10/h3-4,7-9,13H,5-6H2,1-2H3. The Labute approximate surface area is 104 Å². The molecule has 0 aliphatic rings. The minimum absolute atomic E-state index is 0.538. The average molecular weight is 252 g/mol. The van der Waals surface area contributed by atoms with Crippen LogP contribution in [0.5, 0.6) is 0 Å². The smallest absolute Gasteiger partial charge is 0.0954 e. The summed E-state index contributed by atoms with van der Waals surface area (Å²) in [6.45, 7) is 6.15. The molecule has 0 aliphatic heterocycles. The van der Waals surface area contributed by atoms with Gasteiger partial charge in [0.25, 0.3) is 0 Å². The highest BCUT2D eigenvalue weighted by atomic mass is 32.1. The highest BCUT2D eigenvalue weighted by Gasteiger charge is 2.05. The predicted molar refractivity (Wildman–Crippen MR) is 71.1 cm³/mol. The van der Waals surface area contributed by atoms with Crippen molar-refractivity contribution >= 4 is 22.7 Å². The monoisotopic (exact) mass is 252 g/mol. The maximum Gasteiger partial charge on any atom is 0.0954 e. The average Bonchev–Trinajstić information content (AvgIpc) is 2.87. The molecule has 2 aromatic heterocycles. The zero-order valence-electron chi connectivity index (χ0n) is 9.56. The molecule has 0 amide bonds. The van der Waals surface area contributed by atoms with E-state index < -0.39 is 0 Å². The van der Waals surface area contributed by atoms with Crippen molar-refractivity contribution in [3.05, 3.63) is 38.5 Å². The Morgan fingerprint density at radius 3 is 2.81 bits per heavy atom. The first-order valence-electron chi connectivity index (χ1n) is 5.42. The van der Waals surface area contributed by atoms with E-state index in [0.717, 1.165) is 18.8 Å². The van der Waals surface area contributed by atoms with Gasteiger partial charge in [0.1, 0.15) is 0 Å². The van der Waals surface area contributed by atoms with Gasteiger partial charge >= 0.3 is 0 Å². The maximum absolute atomic E-state index is 4.59. The van der Waals surface area contributed by atoms with Gasteiger partial charge in [-0.15, -0.1) is 11.3 Å². The van der Waals surface area contributed by atoms with E-state index in [9.17, 15) is 0 Å². The van der Waals surface area contributed by atoms with Crippen molar-refractivity contribution in [2.75, 3.05) is 0 Å². The fourth-order valence-electron chi connectivity index (χ4n) is 1.40. The molecule has 0 unspecified atom stereocenters. The summed E-state index contributed by atoms with van der Waals surface area (Å²) in [6.07, 6.45) is 0. The Bertz CT molecular complexity index is 418. The molecule has 0 aliphatic carbocycles. The first-order valence-corrected chi connectivity index (χ1v) is 7.24. The number of hydrogen-bond donors (Lipinski definition) is 1. The highest BCUT2D eigenvalue weighted by molar-refractivity contribution is 7.09. The first-order chi connectivity index (χ1) is 7.75. The molecule has 2 heterocycles. The van der Waals surface area contributed by atoms with E-state index in [1.165, 1.54) is 10.6 Å². The topological polar surface area (TPSA) is 24.9 Å². The summed E-state index contributed by atoms with van der Waals surface area (Å²) in [5, 5.41) is 11.1. The second-order valence-corrected chi connectivity index (χ2v) is 5.74. The van der Waals surface area contributed by atoms with Crippen LogP contribution in [0, 0.1) is 0 Å². The van der Waals surface area contributed by atoms with Crippen LogP contribution in [-0.2, 0) is 13.1 Å². The number of hydrogen-bond acceptors (Lipinski definition) is 4. The van der Waals surface area contributed by atoms with Crippen molar-refractivity contribution in [3.8, 4) is 0 Å². The molecule has 2 nitrogen and oxygen atoms in total. The molecule has 0 fully saturated rings. The van der Waals surface area contributed by atoms with Crippen molar-refractivity contribution in [1.82, 2.24) is 10.3 Å². The molecule has 1 N–H and O–H groups in total. The lowest BCUT2D eigenvalue weighted by Crippen LogP contribution is -2.12.